The highest BCUT2D eigenvalue weighted by molar-refractivity contribution is 6.31. The number of carboxylic acids is 1. The van der Waals surface area contributed by atoms with E-state index in [1.54, 1.807) is 41.3 Å². The van der Waals surface area contributed by atoms with E-state index in [0.29, 0.717) is 41.7 Å². The minimum atomic E-state index is -1.32. The molecule has 0 unspecified atom stereocenters. The number of hydrogen-bond acceptors (Lipinski definition) is 4. The number of anilines is 1. The van der Waals surface area contributed by atoms with E-state index in [2.05, 4.69) is 10.2 Å². The number of carboxylic acid groups (broad SMARTS) is 1. The SMILES string of the molecule is O=C(O)c1ccc(CN2CC[C@H]3[C@@H](C2=O)[C@H](c2cccc(Cl)c2F)[C@]2(C(=O)Nc4cc(Cl)ccc42)N3CC2CC2)cc1. The molecule has 0 radical (unpaired) electrons. The van der Waals surface area contributed by atoms with E-state index >= 15 is 4.39 Å². The lowest BCUT2D eigenvalue weighted by molar-refractivity contribution is -0.141. The van der Waals surface area contributed by atoms with Crippen LogP contribution in [0.3, 0.4) is 0 Å². The second-order valence-electron chi connectivity index (χ2n) is 11.8. The average Bonchev–Trinajstić information content (AvgIpc) is 3.68. The van der Waals surface area contributed by atoms with Gasteiger partial charge < -0.3 is 15.3 Å². The summed E-state index contributed by atoms with van der Waals surface area (Å²) in [7, 11) is 0. The molecule has 10 heteroatoms. The molecular formula is C32H28Cl2FN3O4. The summed E-state index contributed by atoms with van der Waals surface area (Å²) in [4.78, 5) is 44.1. The Balaban J connectivity index is 1.37. The fourth-order valence-corrected chi connectivity index (χ4v) is 7.78. The second kappa shape index (κ2) is 10.1. The number of piperidine rings is 1. The van der Waals surface area contributed by atoms with Crippen LogP contribution in [0.2, 0.25) is 10.0 Å². The predicted molar refractivity (Wildman–Crippen MR) is 156 cm³/mol. The van der Waals surface area contributed by atoms with Crippen molar-refractivity contribution in [1.29, 1.82) is 0 Å². The molecule has 4 atom stereocenters. The van der Waals surface area contributed by atoms with Gasteiger partial charge in [-0.2, -0.15) is 0 Å². The van der Waals surface area contributed by atoms with Crippen LogP contribution < -0.4 is 5.32 Å². The molecule has 1 aliphatic carbocycles. The van der Waals surface area contributed by atoms with Gasteiger partial charge in [0.05, 0.1) is 16.5 Å². The zero-order valence-electron chi connectivity index (χ0n) is 22.5. The molecule has 2 N–H and O–H groups in total. The van der Waals surface area contributed by atoms with Crippen molar-refractivity contribution in [1.82, 2.24) is 9.80 Å². The number of fused-ring (bicyclic) bond motifs is 3. The molecule has 2 amide bonds. The highest BCUT2D eigenvalue weighted by Crippen LogP contribution is 2.62. The zero-order chi connectivity index (χ0) is 29.3. The first-order chi connectivity index (χ1) is 20.2. The Kier molecular flexibility index (Phi) is 6.57. The molecule has 7 rings (SSSR count). The lowest BCUT2D eigenvalue weighted by Gasteiger charge is -2.40. The molecule has 0 bridgehead atoms. The fourth-order valence-electron chi connectivity index (χ4n) is 7.42. The van der Waals surface area contributed by atoms with Crippen molar-refractivity contribution in [2.24, 2.45) is 11.8 Å². The van der Waals surface area contributed by atoms with Crippen molar-refractivity contribution in [3.05, 3.63) is 98.8 Å². The van der Waals surface area contributed by atoms with Crippen LogP contribution in [0.5, 0.6) is 0 Å². The minimum Gasteiger partial charge on any atom is -0.478 e. The summed E-state index contributed by atoms with van der Waals surface area (Å²) in [5.41, 5.74) is 1.15. The first-order valence-electron chi connectivity index (χ1n) is 14.1. The Bertz CT molecular complexity index is 1630. The largest absolute Gasteiger partial charge is 0.478 e. The lowest BCUT2D eigenvalue weighted by Crippen LogP contribution is -2.54. The van der Waals surface area contributed by atoms with Gasteiger partial charge in [-0.25, -0.2) is 9.18 Å². The van der Waals surface area contributed by atoms with Crippen LogP contribution in [0.4, 0.5) is 10.1 Å². The van der Waals surface area contributed by atoms with Crippen LogP contribution in [0, 0.1) is 17.7 Å². The van der Waals surface area contributed by atoms with Gasteiger partial charge in [0.2, 0.25) is 11.8 Å². The Labute approximate surface area is 252 Å². The van der Waals surface area contributed by atoms with Crippen LogP contribution in [-0.2, 0) is 21.7 Å². The van der Waals surface area contributed by atoms with Crippen molar-refractivity contribution in [2.75, 3.05) is 18.4 Å². The lowest BCUT2D eigenvalue weighted by atomic mass is 9.70. The maximum atomic E-state index is 16.0. The molecule has 1 saturated carbocycles. The van der Waals surface area contributed by atoms with Crippen molar-refractivity contribution in [3.8, 4) is 0 Å². The standard InChI is InChI=1S/C32H28Cl2FN3O4/c33-20-10-11-22-24(14-20)36-31(42)32(22)27(21-2-1-3-23(34)28(21)35)26-25(38(32)16-18-4-5-18)12-13-37(29(26)39)15-17-6-8-19(9-7-17)30(40)41/h1-3,6-11,14,18,25-27H,4-5,12-13,15-16H2,(H,36,42)(H,40,41)/t25-,26+,27-,32+/m0/s1. The van der Waals surface area contributed by atoms with Gasteiger partial charge in [0.1, 0.15) is 11.4 Å². The number of rotatable bonds is 6. The van der Waals surface area contributed by atoms with Gasteiger partial charge in [-0.1, -0.05) is 53.5 Å². The van der Waals surface area contributed by atoms with Crippen LogP contribution in [-0.4, -0.2) is 51.8 Å². The van der Waals surface area contributed by atoms with Gasteiger partial charge in [-0.05, 0) is 66.6 Å². The van der Waals surface area contributed by atoms with Crippen molar-refractivity contribution < 1.29 is 23.9 Å². The first kappa shape index (κ1) is 27.4. The number of carbonyl (C=O) groups excluding carboxylic acids is 2. The number of halogens is 3. The van der Waals surface area contributed by atoms with E-state index in [9.17, 15) is 19.5 Å². The van der Waals surface area contributed by atoms with Crippen LogP contribution in [0.25, 0.3) is 0 Å². The summed E-state index contributed by atoms with van der Waals surface area (Å²) >= 11 is 12.6. The molecule has 4 aliphatic rings. The van der Waals surface area contributed by atoms with E-state index in [0.717, 1.165) is 18.4 Å². The molecule has 42 heavy (non-hydrogen) atoms. The maximum Gasteiger partial charge on any atom is 0.335 e. The van der Waals surface area contributed by atoms with Crippen molar-refractivity contribution in [3.63, 3.8) is 0 Å². The zero-order valence-corrected chi connectivity index (χ0v) is 24.0. The summed E-state index contributed by atoms with van der Waals surface area (Å²) in [5, 5.41) is 12.7. The summed E-state index contributed by atoms with van der Waals surface area (Å²) in [6.45, 7) is 1.36. The van der Waals surface area contributed by atoms with Crippen LogP contribution in [0.15, 0.2) is 60.7 Å². The summed E-state index contributed by atoms with van der Waals surface area (Å²) < 4.78 is 16.0. The third kappa shape index (κ3) is 4.14. The van der Waals surface area contributed by atoms with Crippen LogP contribution >= 0.6 is 23.2 Å². The molecule has 3 aromatic carbocycles. The highest BCUT2D eigenvalue weighted by Gasteiger charge is 2.69. The van der Waals surface area contributed by atoms with Crippen molar-refractivity contribution >= 4 is 46.7 Å². The normalized spacial score (nSPS) is 26.8. The van der Waals surface area contributed by atoms with Crippen molar-refractivity contribution in [2.45, 2.75) is 43.3 Å². The van der Waals surface area contributed by atoms with Gasteiger partial charge in [-0.3, -0.25) is 14.5 Å². The Morgan fingerprint density at radius 3 is 2.52 bits per heavy atom. The number of amides is 2. The molecule has 3 aliphatic heterocycles. The van der Waals surface area contributed by atoms with E-state index in [4.69, 9.17) is 23.2 Å². The number of benzene rings is 3. The third-order valence-electron chi connectivity index (χ3n) is 9.40. The molecule has 3 aromatic rings. The van der Waals surface area contributed by atoms with E-state index in [-0.39, 0.29) is 40.6 Å². The number of aromatic carboxylic acids is 1. The average molecular weight is 608 g/mol. The molecule has 3 heterocycles. The van der Waals surface area contributed by atoms with Gasteiger partial charge in [0.15, 0.2) is 0 Å². The Hall–Kier alpha value is -3.46. The Morgan fingerprint density at radius 1 is 1.05 bits per heavy atom. The topological polar surface area (TPSA) is 90.0 Å². The smallest absolute Gasteiger partial charge is 0.335 e. The van der Waals surface area contributed by atoms with E-state index in [1.165, 1.54) is 18.2 Å². The van der Waals surface area contributed by atoms with Gasteiger partial charge in [-0.15, -0.1) is 0 Å². The van der Waals surface area contributed by atoms with E-state index < -0.39 is 29.2 Å². The number of carbonyl (C=O) groups is 3. The number of likely N-dealkylation sites (tertiary alicyclic amines) is 2. The molecule has 0 aromatic heterocycles. The summed E-state index contributed by atoms with van der Waals surface area (Å²) in [6, 6.07) is 16.2. The summed E-state index contributed by atoms with van der Waals surface area (Å²) in [5.74, 6) is -3.25. The second-order valence-corrected chi connectivity index (χ2v) is 12.6. The van der Waals surface area contributed by atoms with E-state index in [1.807, 2.05) is 6.07 Å². The van der Waals surface area contributed by atoms with Gasteiger partial charge in [0.25, 0.3) is 0 Å². The quantitative estimate of drug-likeness (QED) is 0.364. The molecule has 7 nitrogen and oxygen atoms in total. The number of hydrogen-bond donors (Lipinski definition) is 2. The minimum absolute atomic E-state index is 0.0618. The fraction of sp³-hybridized carbons (Fsp3) is 0.344. The highest BCUT2D eigenvalue weighted by atomic mass is 35.5. The molecule has 216 valence electrons. The van der Waals surface area contributed by atoms with Gasteiger partial charge >= 0.3 is 5.97 Å². The predicted octanol–water partition coefficient (Wildman–Crippen LogP) is 5.90. The summed E-state index contributed by atoms with van der Waals surface area (Å²) in [6.07, 6.45) is 2.69. The number of nitrogens with zero attached hydrogens (tertiary/aromatic N) is 2. The molecule has 2 saturated heterocycles. The Morgan fingerprint density at radius 2 is 1.81 bits per heavy atom. The first-order valence-corrected chi connectivity index (χ1v) is 14.9. The van der Waals surface area contributed by atoms with Gasteiger partial charge in [0, 0.05) is 47.9 Å². The molecule has 1 spiro atoms. The number of nitrogens with one attached hydrogen (secondary N) is 1. The molecule has 3 fully saturated rings. The maximum absolute atomic E-state index is 16.0. The van der Waals surface area contributed by atoms with Crippen LogP contribution in [0.1, 0.15) is 52.2 Å². The monoisotopic (exact) mass is 607 g/mol. The third-order valence-corrected chi connectivity index (χ3v) is 9.92. The molecular weight excluding hydrogens is 580 g/mol.